The van der Waals surface area contributed by atoms with Crippen molar-refractivity contribution < 1.29 is 14.3 Å². The molecule has 0 saturated heterocycles. The first-order valence-electron chi connectivity index (χ1n) is 8.73. The minimum Gasteiger partial charge on any atom is -0.495 e. The van der Waals surface area contributed by atoms with Gasteiger partial charge in [-0.3, -0.25) is 4.40 Å². The van der Waals surface area contributed by atoms with Gasteiger partial charge in [-0.1, -0.05) is 31.5 Å². The number of methoxy groups -OCH3 is 2. The summed E-state index contributed by atoms with van der Waals surface area (Å²) in [5.74, 6) is 1.60. The molecule has 0 aliphatic rings. The number of urea groups is 1. The third-order valence-corrected chi connectivity index (χ3v) is 4.59. The van der Waals surface area contributed by atoms with Crippen LogP contribution in [-0.4, -0.2) is 34.8 Å². The van der Waals surface area contributed by atoms with Crippen LogP contribution < -0.4 is 20.1 Å². The van der Waals surface area contributed by atoms with Gasteiger partial charge in [-0.25, -0.2) is 4.79 Å². The first-order chi connectivity index (χ1) is 13.4. The average Bonchev–Trinajstić information content (AvgIpc) is 3.10. The van der Waals surface area contributed by atoms with E-state index < -0.39 is 6.03 Å². The highest BCUT2D eigenvalue weighted by Crippen LogP contribution is 2.36. The molecule has 0 spiro atoms. The van der Waals surface area contributed by atoms with Gasteiger partial charge in [-0.2, -0.15) is 0 Å². The molecule has 0 aliphatic heterocycles. The second-order valence-corrected chi connectivity index (χ2v) is 6.90. The molecule has 1 aromatic carbocycles. The van der Waals surface area contributed by atoms with Crippen molar-refractivity contribution in [1.29, 1.82) is 0 Å². The van der Waals surface area contributed by atoms with Crippen molar-refractivity contribution in [2.45, 2.75) is 19.9 Å². The van der Waals surface area contributed by atoms with Gasteiger partial charge in [0.25, 0.3) is 0 Å². The second-order valence-electron chi connectivity index (χ2n) is 6.49. The third-order valence-electron chi connectivity index (χ3n) is 4.29. The normalized spacial score (nSPS) is 12.1. The van der Waals surface area contributed by atoms with Crippen LogP contribution in [0.25, 0.3) is 5.65 Å². The molecule has 0 aliphatic carbocycles. The van der Waals surface area contributed by atoms with E-state index in [0.29, 0.717) is 28.0 Å². The van der Waals surface area contributed by atoms with Gasteiger partial charge in [0.2, 0.25) is 0 Å². The number of aromatic nitrogens is 3. The SMILES string of the molecule is COc1cc(NC(=O)NC(c2nnc3ccccn23)C(C)C)c(OC)cc1Cl. The molecule has 0 fully saturated rings. The van der Waals surface area contributed by atoms with E-state index in [-0.39, 0.29) is 12.0 Å². The van der Waals surface area contributed by atoms with Crippen molar-refractivity contribution in [3.63, 3.8) is 0 Å². The lowest BCUT2D eigenvalue weighted by Gasteiger charge is -2.21. The molecular weight excluding hydrogens is 382 g/mol. The van der Waals surface area contributed by atoms with Gasteiger partial charge in [0, 0.05) is 18.3 Å². The Bertz CT molecular complexity index is 989. The van der Waals surface area contributed by atoms with Crippen LogP contribution in [0.5, 0.6) is 11.5 Å². The number of halogens is 1. The summed E-state index contributed by atoms with van der Waals surface area (Å²) in [7, 11) is 3.00. The lowest BCUT2D eigenvalue weighted by molar-refractivity contribution is 0.243. The molecule has 1 unspecified atom stereocenters. The fraction of sp³-hybridized carbons (Fsp3) is 0.316. The highest BCUT2D eigenvalue weighted by atomic mass is 35.5. The summed E-state index contributed by atoms with van der Waals surface area (Å²) >= 11 is 6.11. The topological polar surface area (TPSA) is 89.8 Å². The summed E-state index contributed by atoms with van der Waals surface area (Å²) in [4.78, 5) is 12.7. The first-order valence-corrected chi connectivity index (χ1v) is 9.11. The van der Waals surface area contributed by atoms with Crippen molar-refractivity contribution in [2.75, 3.05) is 19.5 Å². The van der Waals surface area contributed by atoms with Crippen LogP contribution in [0.1, 0.15) is 25.7 Å². The van der Waals surface area contributed by atoms with Crippen LogP contribution in [0.4, 0.5) is 10.5 Å². The minimum absolute atomic E-state index is 0.0833. The van der Waals surface area contributed by atoms with E-state index in [1.807, 2.05) is 42.6 Å². The lowest BCUT2D eigenvalue weighted by Crippen LogP contribution is -2.36. The van der Waals surface area contributed by atoms with Crippen molar-refractivity contribution in [1.82, 2.24) is 19.9 Å². The van der Waals surface area contributed by atoms with Gasteiger partial charge in [0.1, 0.15) is 11.5 Å². The minimum atomic E-state index is -0.408. The number of ether oxygens (including phenoxy) is 2. The Morgan fingerprint density at radius 3 is 2.57 bits per heavy atom. The molecule has 3 rings (SSSR count). The van der Waals surface area contributed by atoms with Crippen molar-refractivity contribution in [3.05, 3.63) is 47.4 Å². The fourth-order valence-corrected chi connectivity index (χ4v) is 3.09. The molecule has 8 nitrogen and oxygen atoms in total. The Hall–Kier alpha value is -3.00. The molecular formula is C19H22ClN5O3. The van der Waals surface area contributed by atoms with E-state index in [4.69, 9.17) is 21.1 Å². The van der Waals surface area contributed by atoms with E-state index in [1.54, 1.807) is 12.1 Å². The Balaban J connectivity index is 1.84. The molecule has 3 aromatic rings. The van der Waals surface area contributed by atoms with Crippen molar-refractivity contribution >= 4 is 29.0 Å². The number of carbonyl (C=O) groups is 1. The number of hydrogen-bond donors (Lipinski definition) is 2. The zero-order valence-corrected chi connectivity index (χ0v) is 16.8. The number of pyridine rings is 1. The number of anilines is 1. The Labute approximate surface area is 167 Å². The molecule has 148 valence electrons. The lowest BCUT2D eigenvalue weighted by atomic mass is 10.0. The molecule has 0 bridgehead atoms. The number of nitrogens with zero attached hydrogens (tertiary/aromatic N) is 3. The van der Waals surface area contributed by atoms with Gasteiger partial charge < -0.3 is 20.1 Å². The number of carbonyl (C=O) groups excluding carboxylic acids is 1. The molecule has 9 heteroatoms. The summed E-state index contributed by atoms with van der Waals surface area (Å²) in [5, 5.41) is 14.6. The van der Waals surface area contributed by atoms with E-state index in [0.717, 1.165) is 5.65 Å². The van der Waals surface area contributed by atoms with E-state index in [9.17, 15) is 4.79 Å². The highest BCUT2D eigenvalue weighted by Gasteiger charge is 2.24. The first kappa shape index (κ1) is 19.8. The predicted molar refractivity (Wildman–Crippen MR) is 107 cm³/mol. The van der Waals surface area contributed by atoms with Gasteiger partial charge in [0.15, 0.2) is 11.5 Å². The number of benzene rings is 1. The van der Waals surface area contributed by atoms with Gasteiger partial charge >= 0.3 is 6.03 Å². The summed E-state index contributed by atoms with van der Waals surface area (Å²) < 4.78 is 12.4. The molecule has 1 atom stereocenters. The standard InChI is InChI=1S/C19H22ClN5O3/c1-11(2)17(18-24-23-16-7-5-6-8-25(16)18)22-19(26)21-13-10-14(27-3)12(20)9-15(13)28-4/h5-11,17H,1-4H3,(H2,21,22,26). The highest BCUT2D eigenvalue weighted by molar-refractivity contribution is 6.32. The van der Waals surface area contributed by atoms with Crippen LogP contribution in [0, 0.1) is 5.92 Å². The predicted octanol–water partition coefficient (Wildman–Crippen LogP) is 3.92. The number of fused-ring (bicyclic) bond motifs is 1. The summed E-state index contributed by atoms with van der Waals surface area (Å²) in [6.45, 7) is 4.00. The third kappa shape index (κ3) is 3.96. The van der Waals surface area contributed by atoms with Crippen LogP contribution in [0.2, 0.25) is 5.02 Å². The molecule has 28 heavy (non-hydrogen) atoms. The molecule has 0 radical (unpaired) electrons. The average molecular weight is 404 g/mol. The zero-order chi connectivity index (χ0) is 20.3. The summed E-state index contributed by atoms with van der Waals surface area (Å²) in [5.41, 5.74) is 1.16. The molecule has 0 saturated carbocycles. The largest absolute Gasteiger partial charge is 0.495 e. The number of hydrogen-bond acceptors (Lipinski definition) is 5. The Kier molecular flexibility index (Phi) is 5.89. The van der Waals surface area contributed by atoms with Crippen molar-refractivity contribution in [3.8, 4) is 11.5 Å². The van der Waals surface area contributed by atoms with E-state index in [2.05, 4.69) is 20.8 Å². The maximum atomic E-state index is 12.7. The van der Waals surface area contributed by atoms with Gasteiger partial charge in [0.05, 0.1) is 31.0 Å². The fourth-order valence-electron chi connectivity index (χ4n) is 2.86. The van der Waals surface area contributed by atoms with Crippen LogP contribution in [0.15, 0.2) is 36.5 Å². The van der Waals surface area contributed by atoms with Crippen LogP contribution in [-0.2, 0) is 0 Å². The summed E-state index contributed by atoms with van der Waals surface area (Å²) in [6.07, 6.45) is 1.87. The molecule has 2 heterocycles. The molecule has 2 N–H and O–H groups in total. The van der Waals surface area contributed by atoms with Crippen LogP contribution in [0.3, 0.4) is 0 Å². The number of rotatable bonds is 6. The molecule has 2 amide bonds. The quantitative estimate of drug-likeness (QED) is 0.651. The van der Waals surface area contributed by atoms with Gasteiger partial charge in [-0.15, -0.1) is 10.2 Å². The molecule has 2 aromatic heterocycles. The number of amides is 2. The second kappa shape index (κ2) is 8.35. The summed E-state index contributed by atoms with van der Waals surface area (Å²) in [6, 6.07) is 8.07. The van der Waals surface area contributed by atoms with E-state index >= 15 is 0 Å². The monoisotopic (exact) mass is 403 g/mol. The maximum Gasteiger partial charge on any atom is 0.319 e. The number of nitrogens with one attached hydrogen (secondary N) is 2. The van der Waals surface area contributed by atoms with E-state index in [1.165, 1.54) is 14.2 Å². The van der Waals surface area contributed by atoms with Gasteiger partial charge in [-0.05, 0) is 18.1 Å². The Morgan fingerprint density at radius 1 is 1.14 bits per heavy atom. The van der Waals surface area contributed by atoms with Crippen LogP contribution >= 0.6 is 11.6 Å². The van der Waals surface area contributed by atoms with Crippen molar-refractivity contribution in [2.24, 2.45) is 5.92 Å². The Morgan fingerprint density at radius 2 is 1.89 bits per heavy atom. The smallest absolute Gasteiger partial charge is 0.319 e. The zero-order valence-electron chi connectivity index (χ0n) is 16.1. The maximum absolute atomic E-state index is 12.7.